The number of allylic oxidation sites excluding steroid dienone is 1. The molecule has 0 fully saturated rings. The average Bonchev–Trinajstić information content (AvgIpc) is 2.73. The summed E-state index contributed by atoms with van der Waals surface area (Å²) in [5, 5.41) is 0. The average molecular weight is 455 g/mol. The highest BCUT2D eigenvalue weighted by atomic mass is 16.7. The summed E-state index contributed by atoms with van der Waals surface area (Å²) in [4.78, 5) is 22.6. The van der Waals surface area contributed by atoms with E-state index in [0.29, 0.717) is 17.1 Å². The Hall–Kier alpha value is -3.28. The predicted octanol–water partition coefficient (Wildman–Crippen LogP) is 6.23. The van der Waals surface area contributed by atoms with Crippen molar-refractivity contribution >= 4 is 17.5 Å². The van der Waals surface area contributed by atoms with Gasteiger partial charge in [-0.1, -0.05) is 55.7 Å². The Morgan fingerprint density at radius 1 is 0.879 bits per heavy atom. The minimum atomic E-state index is -0.430. The second-order valence-electron chi connectivity index (χ2n) is 8.05. The lowest BCUT2D eigenvalue weighted by Crippen LogP contribution is -2.11. The van der Waals surface area contributed by atoms with Gasteiger partial charge in [-0.2, -0.15) is 0 Å². The Morgan fingerprint density at radius 2 is 1.45 bits per heavy atom. The van der Waals surface area contributed by atoms with Crippen LogP contribution in [0.5, 0.6) is 11.5 Å². The SMILES string of the molecule is C=C(C)c1ccc(C)cc1-c1c(OCOC(C)=O)cc(CCCCC)cc1OCOC(C)=O. The number of esters is 2. The van der Waals surface area contributed by atoms with Crippen molar-refractivity contribution in [3.8, 4) is 22.6 Å². The van der Waals surface area contributed by atoms with Crippen LogP contribution in [-0.4, -0.2) is 25.5 Å². The maximum atomic E-state index is 11.3. The molecule has 2 rings (SSSR count). The minimum Gasteiger partial charge on any atom is -0.457 e. The standard InChI is InChI=1S/C27H34O6/c1-7-8-9-10-22-14-25(32-16-30-20(5)28)27(26(15-22)33-17-31-21(6)29)24-13-19(4)11-12-23(24)18(2)3/h11-15H,2,7-10,16-17H2,1,3-6H3. The molecule has 2 aromatic rings. The van der Waals surface area contributed by atoms with Crippen molar-refractivity contribution in [1.29, 1.82) is 0 Å². The summed E-state index contributed by atoms with van der Waals surface area (Å²) in [6.07, 6.45) is 4.06. The molecular formula is C27H34O6. The lowest BCUT2D eigenvalue weighted by molar-refractivity contribution is -0.148. The van der Waals surface area contributed by atoms with E-state index in [0.717, 1.165) is 53.5 Å². The molecule has 0 spiro atoms. The first kappa shape index (κ1) is 26.0. The zero-order valence-corrected chi connectivity index (χ0v) is 20.3. The molecule has 0 atom stereocenters. The fourth-order valence-electron chi connectivity index (χ4n) is 3.45. The second-order valence-corrected chi connectivity index (χ2v) is 8.05. The largest absolute Gasteiger partial charge is 0.457 e. The molecule has 178 valence electrons. The number of benzene rings is 2. The number of hydrogen-bond donors (Lipinski definition) is 0. The summed E-state index contributed by atoms with van der Waals surface area (Å²) in [6, 6.07) is 9.97. The molecule has 0 radical (unpaired) electrons. The summed E-state index contributed by atoms with van der Waals surface area (Å²) < 4.78 is 21.9. The zero-order chi connectivity index (χ0) is 24.4. The number of aryl methyl sites for hydroxylation is 2. The Morgan fingerprint density at radius 3 is 1.94 bits per heavy atom. The van der Waals surface area contributed by atoms with Gasteiger partial charge in [0.25, 0.3) is 0 Å². The van der Waals surface area contributed by atoms with Crippen molar-refractivity contribution < 1.29 is 28.5 Å². The van der Waals surface area contributed by atoms with Gasteiger partial charge in [0.05, 0.1) is 5.56 Å². The van der Waals surface area contributed by atoms with Crippen LogP contribution in [0, 0.1) is 6.92 Å². The summed E-state index contributed by atoms with van der Waals surface area (Å²) in [5.41, 5.74) is 5.46. The highest BCUT2D eigenvalue weighted by Crippen LogP contribution is 2.43. The van der Waals surface area contributed by atoms with Gasteiger partial charge in [0.1, 0.15) is 11.5 Å². The minimum absolute atomic E-state index is 0.224. The second kappa shape index (κ2) is 12.7. The van der Waals surface area contributed by atoms with Crippen molar-refractivity contribution in [1.82, 2.24) is 0 Å². The van der Waals surface area contributed by atoms with E-state index in [1.807, 2.05) is 44.2 Å². The number of unbranched alkanes of at least 4 members (excludes halogenated alkanes) is 2. The Kier molecular flexibility index (Phi) is 9.98. The monoisotopic (exact) mass is 454 g/mol. The third-order valence-electron chi connectivity index (χ3n) is 5.05. The van der Waals surface area contributed by atoms with Crippen molar-refractivity contribution in [3.05, 3.63) is 53.6 Å². The molecule has 6 heteroatoms. The first-order valence-electron chi connectivity index (χ1n) is 11.2. The molecule has 2 aromatic carbocycles. The zero-order valence-electron chi connectivity index (χ0n) is 20.3. The fourth-order valence-corrected chi connectivity index (χ4v) is 3.45. The molecular weight excluding hydrogens is 420 g/mol. The first-order chi connectivity index (χ1) is 15.7. The third kappa shape index (κ3) is 7.97. The molecule has 33 heavy (non-hydrogen) atoms. The number of carbonyl (C=O) groups excluding carboxylic acids is 2. The first-order valence-corrected chi connectivity index (χ1v) is 11.2. The molecule has 0 amide bonds. The van der Waals surface area contributed by atoms with E-state index in [1.54, 1.807) is 0 Å². The van der Waals surface area contributed by atoms with Crippen LogP contribution in [-0.2, 0) is 25.5 Å². The molecule has 0 saturated carbocycles. The highest BCUT2D eigenvalue weighted by Gasteiger charge is 2.20. The molecule has 6 nitrogen and oxygen atoms in total. The van der Waals surface area contributed by atoms with E-state index in [1.165, 1.54) is 13.8 Å². The topological polar surface area (TPSA) is 71.1 Å². The van der Waals surface area contributed by atoms with Crippen LogP contribution < -0.4 is 9.47 Å². The van der Waals surface area contributed by atoms with E-state index >= 15 is 0 Å². The predicted molar refractivity (Wildman–Crippen MR) is 129 cm³/mol. The summed E-state index contributed by atoms with van der Waals surface area (Å²) >= 11 is 0. The van der Waals surface area contributed by atoms with E-state index in [-0.39, 0.29) is 13.6 Å². The maximum absolute atomic E-state index is 11.3. The van der Waals surface area contributed by atoms with Crippen LogP contribution in [0.25, 0.3) is 16.7 Å². The smallest absolute Gasteiger partial charge is 0.305 e. The van der Waals surface area contributed by atoms with Crippen molar-refractivity contribution in [2.45, 2.75) is 60.3 Å². The molecule has 0 saturated heterocycles. The summed E-state index contributed by atoms with van der Waals surface area (Å²) in [7, 11) is 0. The number of rotatable bonds is 12. The van der Waals surface area contributed by atoms with Gasteiger partial charge in [-0.25, -0.2) is 0 Å². The van der Waals surface area contributed by atoms with Crippen LogP contribution in [0.3, 0.4) is 0 Å². The summed E-state index contributed by atoms with van der Waals surface area (Å²) in [5.74, 6) is 0.188. The van der Waals surface area contributed by atoms with Crippen LogP contribution in [0.4, 0.5) is 0 Å². The molecule has 0 heterocycles. The van der Waals surface area contributed by atoms with Gasteiger partial charge in [0.15, 0.2) is 0 Å². The lowest BCUT2D eigenvalue weighted by atomic mass is 9.91. The molecule has 0 N–H and O–H groups in total. The van der Waals surface area contributed by atoms with Crippen LogP contribution in [0.15, 0.2) is 36.9 Å². The van der Waals surface area contributed by atoms with Gasteiger partial charge >= 0.3 is 11.9 Å². The van der Waals surface area contributed by atoms with E-state index in [4.69, 9.17) is 18.9 Å². The van der Waals surface area contributed by atoms with Gasteiger partial charge in [0.2, 0.25) is 13.6 Å². The molecule has 0 aliphatic carbocycles. The van der Waals surface area contributed by atoms with Crippen molar-refractivity contribution in [2.75, 3.05) is 13.6 Å². The van der Waals surface area contributed by atoms with Gasteiger partial charge < -0.3 is 18.9 Å². The number of ether oxygens (including phenoxy) is 4. The molecule has 0 bridgehead atoms. The van der Waals surface area contributed by atoms with E-state index in [2.05, 4.69) is 13.5 Å². The highest BCUT2D eigenvalue weighted by molar-refractivity contribution is 5.87. The van der Waals surface area contributed by atoms with Gasteiger partial charge in [-0.3, -0.25) is 9.59 Å². The van der Waals surface area contributed by atoms with Gasteiger partial charge in [-0.05, 0) is 55.5 Å². The Labute approximate surface area is 196 Å². The van der Waals surface area contributed by atoms with Crippen LogP contribution in [0.2, 0.25) is 0 Å². The quantitative estimate of drug-likeness (QED) is 0.215. The van der Waals surface area contributed by atoms with Crippen LogP contribution in [0.1, 0.15) is 63.6 Å². The van der Waals surface area contributed by atoms with E-state index < -0.39 is 11.9 Å². The van der Waals surface area contributed by atoms with E-state index in [9.17, 15) is 9.59 Å². The fraction of sp³-hybridized carbons (Fsp3) is 0.407. The van der Waals surface area contributed by atoms with Crippen molar-refractivity contribution in [2.24, 2.45) is 0 Å². The summed E-state index contributed by atoms with van der Waals surface area (Å²) in [6.45, 7) is 12.4. The van der Waals surface area contributed by atoms with Crippen LogP contribution >= 0.6 is 0 Å². The molecule has 0 aromatic heterocycles. The molecule has 0 aliphatic heterocycles. The normalized spacial score (nSPS) is 10.5. The molecule has 0 unspecified atom stereocenters. The van der Waals surface area contributed by atoms with Crippen molar-refractivity contribution in [3.63, 3.8) is 0 Å². The van der Waals surface area contributed by atoms with Gasteiger partial charge in [-0.15, -0.1) is 0 Å². The Bertz CT molecular complexity index is 951. The van der Waals surface area contributed by atoms with Gasteiger partial charge in [0, 0.05) is 13.8 Å². The molecule has 0 aliphatic rings. The third-order valence-corrected chi connectivity index (χ3v) is 5.05. The number of hydrogen-bond acceptors (Lipinski definition) is 6. The lowest BCUT2D eigenvalue weighted by Gasteiger charge is -2.21. The number of carbonyl (C=O) groups is 2. The Balaban J connectivity index is 2.64. The maximum Gasteiger partial charge on any atom is 0.305 e.